The van der Waals surface area contributed by atoms with Crippen LogP contribution >= 0.6 is 7.26 Å². The number of ether oxygens (including phenoxy) is 3. The summed E-state index contributed by atoms with van der Waals surface area (Å²) in [7, 11) is 0.0762. The molecule has 0 unspecified atom stereocenters. The van der Waals surface area contributed by atoms with Crippen LogP contribution in [0.2, 0.25) is 0 Å². The molecule has 200 valence electrons. The molecule has 4 rings (SSSR count). The monoisotopic (exact) mass is 610 g/mol. The highest BCUT2D eigenvalue weighted by Crippen LogP contribution is 2.56. The Balaban J connectivity index is 0.00000400. The maximum atomic E-state index is 10.8. The van der Waals surface area contributed by atoms with Crippen LogP contribution in [0, 0.1) is 20.8 Å². The van der Waals surface area contributed by atoms with Gasteiger partial charge in [-0.05, 0) is 69.3 Å². The van der Waals surface area contributed by atoms with E-state index in [-0.39, 0.29) is 28.6 Å². The van der Waals surface area contributed by atoms with Crippen molar-refractivity contribution < 1.29 is 36.3 Å². The summed E-state index contributed by atoms with van der Waals surface area (Å²) in [6.45, 7) is 6.32. The Morgan fingerprint density at radius 1 is 0.684 bits per heavy atom. The molecule has 4 nitrogen and oxygen atoms in total. The lowest BCUT2D eigenvalue weighted by atomic mass is 10.2. The molecule has 0 atom stereocenters. The minimum atomic E-state index is -2.44. The van der Waals surface area contributed by atoms with Crippen LogP contribution in [0.25, 0.3) is 0 Å². The van der Waals surface area contributed by atoms with Gasteiger partial charge in [0.15, 0.2) is 11.1 Å². The van der Waals surface area contributed by atoms with Crippen molar-refractivity contribution in [1.82, 2.24) is 0 Å². The van der Waals surface area contributed by atoms with Crippen molar-refractivity contribution >= 4 is 38.0 Å². The Labute approximate surface area is 239 Å². The van der Waals surface area contributed by atoms with E-state index in [1.165, 1.54) is 32.6 Å². The number of phenols is 1. The van der Waals surface area contributed by atoms with E-state index < -0.39 is 16.8 Å². The Morgan fingerprint density at radius 3 is 1.50 bits per heavy atom. The summed E-state index contributed by atoms with van der Waals surface area (Å²) in [4.78, 5) is 0. The van der Waals surface area contributed by atoms with E-state index in [9.17, 15) is 5.11 Å². The second-order valence-electron chi connectivity index (χ2n) is 9.37. The predicted molar refractivity (Wildman–Crippen MR) is 159 cm³/mol. The van der Waals surface area contributed by atoms with E-state index in [0.717, 1.165) is 11.1 Å². The topological polar surface area (TPSA) is 47.9 Å². The molecular formula is C31H36BrO4PSi. The summed E-state index contributed by atoms with van der Waals surface area (Å²) in [5, 5.41) is 15.4. The number of aromatic hydroxyl groups is 1. The molecule has 0 amide bonds. The van der Waals surface area contributed by atoms with Crippen molar-refractivity contribution in [1.29, 1.82) is 0 Å². The summed E-state index contributed by atoms with van der Waals surface area (Å²) in [6.07, 6.45) is 0.555. The van der Waals surface area contributed by atoms with Gasteiger partial charge in [-0.25, -0.2) is 0 Å². The van der Waals surface area contributed by atoms with Crippen LogP contribution < -0.4 is 42.9 Å². The summed E-state index contributed by atoms with van der Waals surface area (Å²) in [5.41, 5.74) is 3.62. The lowest BCUT2D eigenvalue weighted by Gasteiger charge is -2.29. The van der Waals surface area contributed by atoms with Crippen molar-refractivity contribution in [3.8, 4) is 11.5 Å². The van der Waals surface area contributed by atoms with Gasteiger partial charge >= 0.3 is 0 Å². The van der Waals surface area contributed by atoms with Crippen molar-refractivity contribution in [2.45, 2.75) is 26.7 Å². The molecule has 1 N–H and O–H groups in total. The molecule has 0 saturated carbocycles. The first-order valence-electron chi connectivity index (χ1n) is 12.5. The Bertz CT molecular complexity index is 1200. The van der Waals surface area contributed by atoms with Gasteiger partial charge in [-0.2, -0.15) is 0 Å². The van der Waals surface area contributed by atoms with Gasteiger partial charge in [0.2, 0.25) is 0 Å². The third-order valence-electron chi connectivity index (χ3n) is 6.70. The van der Waals surface area contributed by atoms with E-state index in [1.54, 1.807) is 20.3 Å². The number of hydrogen-bond donors (Lipinski definition) is 1. The smallest absolute Gasteiger partial charge is 0.162 e. The zero-order valence-electron chi connectivity index (χ0n) is 22.6. The minimum absolute atomic E-state index is 0. The molecule has 0 bridgehead atoms. The lowest BCUT2D eigenvalue weighted by Crippen LogP contribution is -3.00. The fourth-order valence-electron chi connectivity index (χ4n) is 4.66. The van der Waals surface area contributed by atoms with E-state index in [1.807, 2.05) is 12.1 Å². The zero-order valence-corrected chi connectivity index (χ0v) is 26.5. The number of halogens is 1. The summed E-state index contributed by atoms with van der Waals surface area (Å²) >= 11 is 0. The molecule has 0 fully saturated rings. The van der Waals surface area contributed by atoms with Crippen LogP contribution in [0.5, 0.6) is 11.5 Å². The molecular weight excluding hydrogens is 575 g/mol. The van der Waals surface area contributed by atoms with Crippen molar-refractivity contribution in [3.05, 3.63) is 108 Å². The number of hydrogen-bond acceptors (Lipinski definition) is 4. The molecule has 38 heavy (non-hydrogen) atoms. The number of aryl methyl sites for hydroxylation is 3. The second-order valence-corrected chi connectivity index (χ2v) is 14.4. The van der Waals surface area contributed by atoms with Crippen LogP contribution in [0.15, 0.2) is 91.0 Å². The summed E-state index contributed by atoms with van der Waals surface area (Å²) in [6, 6.07) is 31.9. The van der Waals surface area contributed by atoms with Gasteiger partial charge in [0.1, 0.15) is 44.4 Å². The largest absolute Gasteiger partial charge is 1.00 e. The Hall–Kier alpha value is -2.47. The molecule has 0 aliphatic heterocycles. The third kappa shape index (κ3) is 6.39. The maximum absolute atomic E-state index is 10.8. The van der Waals surface area contributed by atoms with E-state index in [4.69, 9.17) is 14.2 Å². The predicted octanol–water partition coefficient (Wildman–Crippen LogP) is 1.02. The van der Waals surface area contributed by atoms with Gasteiger partial charge in [-0.15, -0.1) is 0 Å². The summed E-state index contributed by atoms with van der Waals surface area (Å²) in [5.74, 6) is 0.805. The number of methoxy groups -OCH3 is 2. The van der Waals surface area contributed by atoms with E-state index in [2.05, 4.69) is 93.6 Å². The van der Waals surface area contributed by atoms with Crippen molar-refractivity contribution in [2.24, 2.45) is 0 Å². The average Bonchev–Trinajstić information content (AvgIpc) is 2.91. The van der Waals surface area contributed by atoms with Gasteiger partial charge in [0.05, 0.1) is 6.23 Å². The lowest BCUT2D eigenvalue weighted by molar-refractivity contribution is -0.0451. The Kier molecular flexibility index (Phi) is 10.7. The van der Waals surface area contributed by atoms with Gasteiger partial charge < -0.3 is 36.3 Å². The average molecular weight is 612 g/mol. The number of rotatable bonds is 10. The van der Waals surface area contributed by atoms with Gasteiger partial charge in [0, 0.05) is 20.3 Å². The van der Waals surface area contributed by atoms with Crippen LogP contribution in [-0.4, -0.2) is 41.0 Å². The fraction of sp³-hybridized carbons (Fsp3) is 0.226. The molecule has 4 aromatic carbocycles. The normalized spacial score (nSPS) is 11.6. The molecule has 0 aliphatic rings. The highest BCUT2D eigenvalue weighted by atomic mass is 79.9. The first kappa shape index (κ1) is 30.1. The molecule has 7 heteroatoms. The number of benzene rings is 4. The molecule has 0 saturated heterocycles. The zero-order chi connectivity index (χ0) is 26.4. The molecule has 0 heterocycles. The van der Waals surface area contributed by atoms with Crippen LogP contribution in [0.4, 0.5) is 0 Å². The SMILES string of the molecule is COC(OC)[SiH2]COc1ccc(O)cc1[P+](c1ccc(C)cc1)(c1ccc(C)cc1)c1ccc(C)cc1.[Br-]. The fourth-order valence-corrected chi connectivity index (χ4v) is 9.97. The Morgan fingerprint density at radius 2 is 1.11 bits per heavy atom. The van der Waals surface area contributed by atoms with Gasteiger partial charge in [-0.3, -0.25) is 0 Å². The minimum Gasteiger partial charge on any atom is -1.00 e. The quantitative estimate of drug-likeness (QED) is 0.166. The van der Waals surface area contributed by atoms with Gasteiger partial charge in [-0.1, -0.05) is 53.1 Å². The van der Waals surface area contributed by atoms with Crippen LogP contribution in [0.1, 0.15) is 16.7 Å². The molecule has 0 aliphatic carbocycles. The molecule has 0 radical (unpaired) electrons. The molecule has 0 spiro atoms. The van der Waals surface area contributed by atoms with Gasteiger partial charge in [0.25, 0.3) is 0 Å². The van der Waals surface area contributed by atoms with E-state index in [0.29, 0.717) is 6.23 Å². The first-order chi connectivity index (χ1) is 17.9. The van der Waals surface area contributed by atoms with Crippen molar-refractivity contribution in [3.63, 3.8) is 0 Å². The highest BCUT2D eigenvalue weighted by Gasteiger charge is 2.50. The third-order valence-corrected chi connectivity index (χ3v) is 12.6. The van der Waals surface area contributed by atoms with Crippen molar-refractivity contribution in [2.75, 3.05) is 20.4 Å². The standard InChI is InChI=1S/C31H35O4PSi.BrH/c1-22-6-13-26(14-7-22)36(27-15-8-23(2)9-16-27,28-17-10-24(3)11-18-28)30-20-25(32)12-19-29(30)35-21-37-31(33-4)34-5;/h6-20,31H,21,37H2,1-5H3;1H. The van der Waals surface area contributed by atoms with Crippen LogP contribution in [-0.2, 0) is 9.47 Å². The maximum Gasteiger partial charge on any atom is 0.162 e. The molecule has 4 aromatic rings. The molecule has 0 aromatic heterocycles. The first-order valence-corrected chi connectivity index (χ1v) is 16.1. The van der Waals surface area contributed by atoms with E-state index >= 15 is 0 Å². The second kappa shape index (κ2) is 13.5. The number of phenolic OH excluding ortho intramolecular Hbond substituents is 1. The van der Waals surface area contributed by atoms with Crippen LogP contribution in [0.3, 0.4) is 0 Å². The highest BCUT2D eigenvalue weighted by molar-refractivity contribution is 8.01. The summed E-state index contributed by atoms with van der Waals surface area (Å²) < 4.78 is 17.3.